The van der Waals surface area contributed by atoms with Crippen LogP contribution in [-0.4, -0.2) is 83.0 Å². The van der Waals surface area contributed by atoms with Gasteiger partial charge in [-0.25, -0.2) is 0 Å². The predicted octanol–water partition coefficient (Wildman–Crippen LogP) is 28.6. The summed E-state index contributed by atoms with van der Waals surface area (Å²) in [5, 5.41) is 58.9. The molecular weight excluding hydrogens is 1730 g/mol. The van der Waals surface area contributed by atoms with Crippen LogP contribution in [-0.2, 0) is 28.6 Å². The van der Waals surface area contributed by atoms with Crippen molar-refractivity contribution in [2.45, 2.75) is 460 Å². The number of nitrogens with zero attached hydrogens (tertiary/aromatic N) is 2. The zero-order chi connectivity index (χ0) is 97.1. The molecule has 23 fully saturated rings. The second kappa shape index (κ2) is 36.6. The summed E-state index contributed by atoms with van der Waals surface area (Å²) in [5.74, 6) is 22.1. The number of nitriles is 2. The third-order valence-electron chi connectivity index (χ3n) is 52.5. The number of hydrogen-bond donors (Lipinski definition) is 4. The van der Waals surface area contributed by atoms with E-state index >= 15 is 0 Å². The fraction of sp³-hybridized carbons (Fsp3) is 0.934. The summed E-state index contributed by atoms with van der Waals surface area (Å²) < 4.78 is 72.4. The van der Waals surface area contributed by atoms with E-state index in [2.05, 4.69) is 112 Å². The van der Waals surface area contributed by atoms with Crippen molar-refractivity contribution >= 4 is 21.7 Å². The highest BCUT2D eigenvalue weighted by Gasteiger charge is 2.71. The number of Topliss-reactive ketones (excluding diaryl/α,β-unsaturated/α-hetero) is 2. The summed E-state index contributed by atoms with van der Waals surface area (Å²) in [6, 6.07) is 5.15. The van der Waals surface area contributed by atoms with Crippen molar-refractivity contribution in [1.29, 1.82) is 10.5 Å². The van der Waals surface area contributed by atoms with Crippen molar-refractivity contribution in [3.63, 3.8) is 0 Å². The average Bonchev–Trinajstić information content (AvgIpc) is 1.53. The highest BCUT2D eigenvalue weighted by Crippen LogP contribution is 2.76. The first-order valence-corrected chi connectivity index (χ1v) is 59.7. The molecule has 137 heavy (non-hydrogen) atoms. The van der Waals surface area contributed by atoms with E-state index in [-0.39, 0.29) is 46.2 Å². The van der Waals surface area contributed by atoms with Gasteiger partial charge in [-0.3, -0.25) is 9.59 Å². The van der Waals surface area contributed by atoms with E-state index in [1.54, 1.807) is 6.08 Å². The van der Waals surface area contributed by atoms with Gasteiger partial charge in [0, 0.05) is 52.1 Å². The van der Waals surface area contributed by atoms with Crippen LogP contribution in [0.1, 0.15) is 431 Å². The molecule has 768 valence electrons. The van der Waals surface area contributed by atoms with Crippen LogP contribution in [0.3, 0.4) is 0 Å². The molecule has 0 aromatic heterocycles. The van der Waals surface area contributed by atoms with E-state index < -0.39 is 21.0 Å². The molecule has 0 aromatic carbocycles. The molecule has 0 bridgehead atoms. The van der Waals surface area contributed by atoms with Crippen LogP contribution in [0.2, 0.25) is 0 Å². The fourth-order valence-electron chi connectivity index (χ4n) is 43.2. The number of aliphatic hydroxyl groups is 4. The Morgan fingerprint density at radius 3 is 1.16 bits per heavy atom. The Hall–Kier alpha value is -2.86. The fourth-order valence-corrected chi connectivity index (χ4v) is 43.8. The first-order chi connectivity index (χ1) is 64.7. The lowest BCUT2D eigenvalue weighted by Gasteiger charge is -2.60. The number of carbonyl (C=O) groups excluding carboxylic acids is 2. The van der Waals surface area contributed by atoms with Crippen LogP contribution >= 0.6 is 0 Å². The largest absolute Gasteiger partial charge is 0.534 e. The number of hydrogen-bond acceptors (Lipinski definition) is 12. The topological polar surface area (TPSA) is 219 Å². The van der Waals surface area contributed by atoms with Crippen molar-refractivity contribution in [3.8, 4) is 12.1 Å². The lowest BCUT2D eigenvalue weighted by Crippen LogP contribution is -2.54. The van der Waals surface area contributed by atoms with Crippen molar-refractivity contribution in [1.82, 2.24) is 0 Å². The minimum Gasteiger partial charge on any atom is -0.396 e. The van der Waals surface area contributed by atoms with Gasteiger partial charge in [0.25, 0.3) is 0 Å². The number of ketones is 2. The zero-order valence-electron chi connectivity index (χ0n) is 87.9. The standard InChI is InChI=1S/C21H31F3O3S.C21H31NO.C20H31NO.C20H32O2.C20H32O.C19H30O2/c1-13-8-9-19(2)15(10-13)5-4-14-12-20(3)16(11-17(14)19)6-7-18(20)27-28(25,26)21(22,23)24;1-20-8-7-14(13-23)9-16(20)4-3-15-11-21(2)17(10-19(15)20)5-6-18(21)12-22;1-19-8-7-17(22)9-14(19)4-3-13-11-20(2)15(10-18(13)19)5-6-16(20)12-21;1-18-7-6-16(21)9-14(18)4-3-13-11-19(2)15(10-17(13)18)5-8-20(19)12-22-20;1-13-8-9-19(2)15(10-13)5-4-14-12-20(3)16(11-17(14)19)6-7-18(20)21;1-18-8-7-15(20)9-13(18)4-3-12-11-19(2)14(10-16(12)18)5-6-17(19)21/h7,13-17H,4-6,8-12H2,1-3H3;6,14-17,19,23H,3-5,7-11,13H2,1-2H3;13-18,22H,3-11H2,1-2H3;13-17,21H,3-12H2,1-2H3;13-17H,4-12H2,1-3H3;12-16,20H,3-11H2,1-2H3/t13-,14+,15+,16-,17+,19+,20-;14-,15+,16+,17-,19+,20+,21-;13-,14-,15+,16-,17+,18-,19-,20+;13-,14-,15+,16+,17-,18-,19+,20-;13-,14+,15+,16-,17+,19+,20-;12-,13-,14+,15+,16-,18-,19+/m001101/s1. The van der Waals surface area contributed by atoms with E-state index in [1.807, 2.05) is 6.92 Å². The molecule has 0 unspecified atom stereocenters. The molecule has 44 atom stereocenters. The smallest absolute Gasteiger partial charge is 0.396 e. The minimum atomic E-state index is -5.60. The third-order valence-corrected chi connectivity index (χ3v) is 53.5. The zero-order valence-corrected chi connectivity index (χ0v) is 88.7. The number of rotatable bonds is 3. The number of fused-ring (bicyclic) bond motifs is 25. The number of carbonyl (C=O) groups is 2. The minimum absolute atomic E-state index is 0.0124. The summed E-state index contributed by atoms with van der Waals surface area (Å²) >= 11 is 0. The van der Waals surface area contributed by atoms with Crippen LogP contribution in [0.5, 0.6) is 0 Å². The van der Waals surface area contributed by atoms with Crippen LogP contribution < -0.4 is 0 Å². The van der Waals surface area contributed by atoms with Crippen molar-refractivity contribution < 1.29 is 60.5 Å². The van der Waals surface area contributed by atoms with Gasteiger partial charge < -0.3 is 29.3 Å². The summed E-state index contributed by atoms with van der Waals surface area (Å²) in [6.45, 7) is 35.3. The van der Waals surface area contributed by atoms with Gasteiger partial charge in [-0.05, 0) is 512 Å². The maximum Gasteiger partial charge on any atom is 0.534 e. The molecule has 24 aliphatic carbocycles. The van der Waals surface area contributed by atoms with Crippen LogP contribution in [0.4, 0.5) is 13.2 Å². The van der Waals surface area contributed by atoms with Gasteiger partial charge >= 0.3 is 15.6 Å². The average molecular weight is 1920 g/mol. The number of epoxide rings is 1. The first kappa shape index (κ1) is 101. The predicted molar refractivity (Wildman–Crippen MR) is 534 cm³/mol. The Balaban J connectivity index is 0.000000102. The van der Waals surface area contributed by atoms with Gasteiger partial charge in [-0.15, -0.1) is 0 Å². The number of ether oxygens (including phenoxy) is 1. The van der Waals surface area contributed by atoms with Gasteiger partial charge in [0.2, 0.25) is 0 Å². The van der Waals surface area contributed by atoms with Crippen molar-refractivity contribution in [2.75, 3.05) is 13.2 Å². The second-order valence-electron chi connectivity index (χ2n) is 57.9. The lowest BCUT2D eigenvalue weighted by atomic mass is 9.45. The molecule has 1 aliphatic heterocycles. The Bertz CT molecular complexity index is 4640. The number of aliphatic hydroxyl groups excluding tert-OH is 4. The van der Waals surface area contributed by atoms with Gasteiger partial charge in [-0.2, -0.15) is 32.1 Å². The van der Waals surface area contributed by atoms with E-state index in [0.29, 0.717) is 115 Å². The van der Waals surface area contributed by atoms with Crippen molar-refractivity contribution in [3.05, 3.63) is 23.5 Å². The maximum absolute atomic E-state index is 12.8. The van der Waals surface area contributed by atoms with Gasteiger partial charge in [0.1, 0.15) is 17.3 Å². The number of halogens is 3. The van der Waals surface area contributed by atoms with Gasteiger partial charge in [-0.1, -0.05) is 116 Å². The SMILES string of the molecule is C[C@@]12CC[C@H](CO)C[C@H]1CC[C@@H]1C[C@]3(C)C(C#N)=CC[C@H]3C[C@H]12.C[C@@]12CC[C@H](O)C[C@H]1CC[C@@H]1C[C@@]3(C)[C@@H](CC[C@@]34CO4)C[C@H]12.C[C@@]12CC[C@H](O)C[C@H]1CC[C@@H]1C[C@]3(C)C(=O)CC[C@H]3C[C@H]12.C[C@H]1CC[C@]2(C)[C@H](CC[C@@H]3C[C@]4(C)C(=O)CC[C@H]4C[C@H]32)C1.C[C@H]1CC[C@]2(C)[C@H](CC[C@@H]3C[C@]4(C)C(OS(=O)(=O)C(F)(F)F)=CC[C@H]4C[C@H]32)C1.C[C@]12C[C@H]3CC[C@@H]4C[C@@H](O)CC[C@@]4(C)[C@@H]3C[C@@H]1CC[C@@H]2C#N. The van der Waals surface area contributed by atoms with Gasteiger partial charge in [0.05, 0.1) is 48.6 Å². The van der Waals surface area contributed by atoms with Crippen LogP contribution in [0.25, 0.3) is 0 Å². The Morgan fingerprint density at radius 2 is 0.737 bits per heavy atom. The molecule has 12 nitrogen and oxygen atoms in total. The van der Waals surface area contributed by atoms with E-state index in [0.717, 1.165) is 227 Å². The first-order valence-electron chi connectivity index (χ1n) is 58.3. The molecule has 16 heteroatoms. The van der Waals surface area contributed by atoms with E-state index in [9.17, 15) is 62.1 Å². The van der Waals surface area contributed by atoms with Crippen LogP contribution in [0, 0.1) is 253 Å². The maximum atomic E-state index is 12.8. The molecule has 25 rings (SSSR count). The number of allylic oxidation sites excluding steroid dienone is 4. The molecule has 25 aliphatic rings. The third kappa shape index (κ3) is 16.9. The molecule has 1 heterocycles. The molecule has 0 amide bonds. The Morgan fingerprint density at radius 1 is 0.387 bits per heavy atom. The second-order valence-corrected chi connectivity index (χ2v) is 59.5. The summed E-state index contributed by atoms with van der Waals surface area (Å²) in [6.07, 6.45) is 67.2. The molecule has 1 saturated heterocycles. The molecule has 0 radical (unpaired) electrons. The highest BCUT2D eigenvalue weighted by atomic mass is 32.2. The molecular formula is C121H187F3N2O10S. The van der Waals surface area contributed by atoms with E-state index in [1.165, 1.54) is 231 Å². The summed E-state index contributed by atoms with van der Waals surface area (Å²) in [5.41, 5.74) is -0.765. The Kier molecular flexibility index (Phi) is 27.1. The van der Waals surface area contributed by atoms with Crippen LogP contribution in [0.15, 0.2) is 23.5 Å². The summed E-state index contributed by atoms with van der Waals surface area (Å²) in [7, 11) is -5.60. The normalized spacial score (nSPS) is 54.8. The summed E-state index contributed by atoms with van der Waals surface area (Å²) in [4.78, 5) is 24.8. The van der Waals surface area contributed by atoms with Gasteiger partial charge in [0.15, 0.2) is 0 Å². The highest BCUT2D eigenvalue weighted by molar-refractivity contribution is 7.87. The number of alkyl halides is 3. The monoisotopic (exact) mass is 1920 g/mol. The lowest BCUT2D eigenvalue weighted by molar-refractivity contribution is -0.140. The molecule has 0 aromatic rings. The van der Waals surface area contributed by atoms with E-state index in [4.69, 9.17) is 4.74 Å². The Labute approximate surface area is 827 Å². The quantitative estimate of drug-likeness (QED) is 0.118. The molecule has 1 spiro atoms. The van der Waals surface area contributed by atoms with Crippen molar-refractivity contribution in [2.24, 2.45) is 231 Å². The molecule has 22 saturated carbocycles. The molecule has 4 N–H and O–H groups in total.